The summed E-state index contributed by atoms with van der Waals surface area (Å²) >= 11 is 0. The van der Waals surface area contributed by atoms with Gasteiger partial charge in [0, 0.05) is 0 Å². The zero-order valence-corrected chi connectivity index (χ0v) is 16.5. The largest absolute Gasteiger partial charge is 0.460 e. The predicted octanol–water partition coefficient (Wildman–Crippen LogP) is 5.85. The molecule has 0 fully saturated rings. The average molecular weight is 493 g/mol. The van der Waals surface area contributed by atoms with E-state index in [4.69, 9.17) is 0 Å². The zero-order valence-electron chi connectivity index (χ0n) is 15.7. The van der Waals surface area contributed by atoms with Gasteiger partial charge in [-0.15, -0.1) is 0 Å². The second kappa shape index (κ2) is 8.30. The number of hydrogen-bond acceptors (Lipinski definition) is 4. The fourth-order valence-corrected chi connectivity index (χ4v) is 3.02. The number of rotatable bonds is 7. The summed E-state index contributed by atoms with van der Waals surface area (Å²) in [6.07, 6.45) is -7.17. The number of halogens is 9. The van der Waals surface area contributed by atoms with E-state index in [9.17, 15) is 47.9 Å². The Morgan fingerprint density at radius 1 is 0.781 bits per heavy atom. The number of hydrogen-bond donors (Lipinski definition) is 0. The Kier molecular flexibility index (Phi) is 6.61. The van der Waals surface area contributed by atoms with E-state index in [1.807, 2.05) is 0 Å². The molecule has 0 amide bonds. The highest BCUT2D eigenvalue weighted by molar-refractivity contribution is 7.87. The topological polar surface area (TPSA) is 55.7 Å². The van der Waals surface area contributed by atoms with Gasteiger partial charge in [-0.1, -0.05) is 53.7 Å². The molecule has 0 atom stereocenters. The van der Waals surface area contributed by atoms with Crippen molar-refractivity contribution < 1.29 is 52.2 Å². The van der Waals surface area contributed by atoms with E-state index in [1.54, 1.807) is 36.4 Å². The Balaban J connectivity index is 2.36. The van der Waals surface area contributed by atoms with Gasteiger partial charge in [-0.05, 0) is 29.7 Å². The van der Waals surface area contributed by atoms with E-state index in [1.165, 1.54) is 18.2 Å². The van der Waals surface area contributed by atoms with Gasteiger partial charge in [0.1, 0.15) is 0 Å². The van der Waals surface area contributed by atoms with Crippen LogP contribution in [0.25, 0.3) is 11.1 Å². The highest BCUT2D eigenvalue weighted by Gasteiger charge is 2.86. The summed E-state index contributed by atoms with van der Waals surface area (Å²) in [5, 5.41) is -4.26. The monoisotopic (exact) mass is 493 g/mol. The molecule has 0 saturated heterocycles. The molecular weight excluding hydrogens is 481 g/mol. The molecule has 0 spiro atoms. The quantitative estimate of drug-likeness (QED) is 0.276. The van der Waals surface area contributed by atoms with Crippen molar-refractivity contribution in [3.63, 3.8) is 0 Å². The highest BCUT2D eigenvalue weighted by Crippen LogP contribution is 2.54. The molecule has 14 heteroatoms. The minimum Gasteiger partial charge on any atom is -0.264 e. The van der Waals surface area contributed by atoms with Gasteiger partial charge in [-0.3, -0.25) is 4.28 Å². The van der Waals surface area contributed by atoms with Crippen LogP contribution in [0.15, 0.2) is 59.8 Å². The van der Waals surface area contributed by atoms with Gasteiger partial charge in [0.25, 0.3) is 0 Å². The van der Waals surface area contributed by atoms with Crippen LogP contribution in [0.2, 0.25) is 0 Å². The fourth-order valence-electron chi connectivity index (χ4n) is 2.28. The van der Waals surface area contributed by atoms with Gasteiger partial charge in [-0.2, -0.15) is 47.9 Å². The molecule has 4 nitrogen and oxygen atoms in total. The molecule has 2 aromatic carbocycles. The van der Waals surface area contributed by atoms with Crippen molar-refractivity contribution in [3.8, 4) is 11.1 Å². The maximum Gasteiger partial charge on any atom is 0.460 e. The Labute approximate surface area is 175 Å². The minimum atomic E-state index is -7.40. The first-order chi connectivity index (χ1) is 14.5. The van der Waals surface area contributed by atoms with Crippen molar-refractivity contribution in [2.45, 2.75) is 30.2 Å². The Morgan fingerprint density at radius 3 is 1.84 bits per heavy atom. The lowest BCUT2D eigenvalue weighted by atomic mass is 10.0. The Hall–Kier alpha value is -2.77. The van der Waals surface area contributed by atoms with Crippen LogP contribution in [0.1, 0.15) is 12.5 Å². The van der Waals surface area contributed by atoms with E-state index in [-0.39, 0.29) is 5.56 Å². The van der Waals surface area contributed by atoms with Crippen molar-refractivity contribution in [1.29, 1.82) is 0 Å². The third kappa shape index (κ3) is 4.40. The standard InChI is InChI=1S/C18H12F9NO3S/c1-11(13-8-5-9-14(10-13)12-6-3-2-4-7-12)28-31-32(29,30)18(26,27)16(21,22)15(19,20)17(23,24)25/h2-10H,1H3/b28-11+. The molecule has 176 valence electrons. The van der Waals surface area contributed by atoms with E-state index < -0.39 is 39.1 Å². The molecule has 0 saturated carbocycles. The van der Waals surface area contributed by atoms with E-state index in [0.29, 0.717) is 11.1 Å². The SMILES string of the molecule is C/C(=N\OS(=O)(=O)C(F)(F)C(F)(F)C(F)(F)C(F)(F)F)c1cccc(-c2ccccc2)c1. The van der Waals surface area contributed by atoms with E-state index in [0.717, 1.165) is 6.92 Å². The highest BCUT2D eigenvalue weighted by atomic mass is 32.2. The first-order valence-electron chi connectivity index (χ1n) is 8.29. The lowest BCUT2D eigenvalue weighted by Gasteiger charge is -2.31. The molecule has 2 rings (SSSR count). The summed E-state index contributed by atoms with van der Waals surface area (Å²) in [6.45, 7) is 1.00. The normalized spacial score (nSPS) is 14.4. The fraction of sp³-hybridized carbons (Fsp3) is 0.278. The molecule has 0 radical (unpaired) electrons. The number of nitrogens with zero attached hydrogens (tertiary/aromatic N) is 1. The van der Waals surface area contributed by atoms with E-state index in [2.05, 4.69) is 9.44 Å². The van der Waals surface area contributed by atoms with E-state index >= 15 is 0 Å². The molecule has 0 bridgehead atoms. The van der Waals surface area contributed by atoms with Gasteiger partial charge in [0.05, 0.1) is 5.71 Å². The van der Waals surface area contributed by atoms with Gasteiger partial charge in [0.2, 0.25) is 0 Å². The lowest BCUT2D eigenvalue weighted by Crippen LogP contribution is -2.63. The number of alkyl halides is 9. The predicted molar refractivity (Wildman–Crippen MR) is 95.0 cm³/mol. The Bertz CT molecular complexity index is 1100. The van der Waals surface area contributed by atoms with Crippen LogP contribution in [-0.2, 0) is 14.4 Å². The van der Waals surface area contributed by atoms with Crippen molar-refractivity contribution in [1.82, 2.24) is 0 Å². The summed E-state index contributed by atoms with van der Waals surface area (Å²) in [5.41, 5.74) is 0.795. The zero-order chi connectivity index (χ0) is 24.6. The van der Waals surface area contributed by atoms with Crippen molar-refractivity contribution >= 4 is 15.8 Å². The van der Waals surface area contributed by atoms with Crippen LogP contribution in [0.5, 0.6) is 0 Å². The molecule has 0 aromatic heterocycles. The maximum absolute atomic E-state index is 13.6. The molecule has 0 N–H and O–H groups in total. The smallest absolute Gasteiger partial charge is 0.264 e. The molecule has 32 heavy (non-hydrogen) atoms. The van der Waals surface area contributed by atoms with Crippen LogP contribution >= 0.6 is 0 Å². The average Bonchev–Trinajstić information content (AvgIpc) is 2.71. The molecule has 0 aliphatic heterocycles. The van der Waals surface area contributed by atoms with Crippen LogP contribution < -0.4 is 0 Å². The van der Waals surface area contributed by atoms with Gasteiger partial charge in [0.15, 0.2) is 0 Å². The second-order valence-corrected chi connectivity index (χ2v) is 7.89. The van der Waals surface area contributed by atoms with Gasteiger partial charge >= 0.3 is 33.4 Å². The maximum atomic E-state index is 13.6. The first kappa shape index (κ1) is 25.5. The van der Waals surface area contributed by atoms with Crippen LogP contribution in [0.4, 0.5) is 39.5 Å². The Morgan fingerprint density at radius 2 is 1.31 bits per heavy atom. The van der Waals surface area contributed by atoms with Crippen molar-refractivity contribution in [2.75, 3.05) is 0 Å². The van der Waals surface area contributed by atoms with Crippen LogP contribution in [-0.4, -0.2) is 37.4 Å². The number of benzene rings is 2. The first-order valence-corrected chi connectivity index (χ1v) is 9.70. The lowest BCUT2D eigenvalue weighted by molar-refractivity contribution is -0.382. The second-order valence-electron chi connectivity index (χ2n) is 6.32. The molecule has 0 aliphatic carbocycles. The molecular formula is C18H12F9NO3S. The minimum absolute atomic E-state index is 0.0530. The third-order valence-electron chi connectivity index (χ3n) is 4.09. The summed E-state index contributed by atoms with van der Waals surface area (Å²) in [4.78, 5) is 0. The summed E-state index contributed by atoms with van der Waals surface area (Å²) in [7, 11) is -7.08. The van der Waals surface area contributed by atoms with Crippen molar-refractivity contribution in [2.24, 2.45) is 5.16 Å². The molecule has 0 unspecified atom stereocenters. The third-order valence-corrected chi connectivity index (χ3v) is 5.24. The van der Waals surface area contributed by atoms with Gasteiger partial charge in [-0.25, -0.2) is 0 Å². The number of oxime groups is 1. The molecule has 2 aromatic rings. The molecule has 0 heterocycles. The summed E-state index contributed by atoms with van der Waals surface area (Å²) in [6, 6.07) is 14.2. The van der Waals surface area contributed by atoms with Crippen molar-refractivity contribution in [3.05, 3.63) is 60.2 Å². The summed E-state index contributed by atoms with van der Waals surface area (Å²) in [5.74, 6) is -14.8. The van der Waals surface area contributed by atoms with Crippen LogP contribution in [0, 0.1) is 0 Å². The summed E-state index contributed by atoms with van der Waals surface area (Å²) < 4.78 is 142. The van der Waals surface area contributed by atoms with Gasteiger partial charge < -0.3 is 0 Å². The molecule has 0 aliphatic rings. The van der Waals surface area contributed by atoms with Crippen LogP contribution in [0.3, 0.4) is 0 Å².